The van der Waals surface area contributed by atoms with Crippen molar-refractivity contribution in [2.24, 2.45) is 0 Å². The Kier molecular flexibility index (Phi) is 7.73. The summed E-state index contributed by atoms with van der Waals surface area (Å²) in [5.74, 6) is 0. The zero-order chi connectivity index (χ0) is 47.5. The second-order valence-electron chi connectivity index (χ2n) is 20.1. The molecule has 0 atom stereocenters. The molecule has 0 N–H and O–H groups in total. The predicted molar refractivity (Wildman–Crippen MR) is 310 cm³/mol. The number of hydrogen-bond donors (Lipinski definition) is 0. The first-order valence-corrected chi connectivity index (χ1v) is 25.3. The Morgan fingerprint density at radius 1 is 0.205 bits per heavy atom. The molecule has 0 fully saturated rings. The van der Waals surface area contributed by atoms with Gasteiger partial charge in [-0.15, -0.1) is 0 Å². The third kappa shape index (κ3) is 5.43. The topological polar surface area (TPSA) is 14.3 Å². The molecule has 336 valence electrons. The van der Waals surface area contributed by atoms with Gasteiger partial charge in [0, 0.05) is 54.5 Å². The average molecular weight is 924 g/mol. The maximum absolute atomic E-state index is 2.45. The number of nitrogens with zero attached hydrogens (tertiary/aromatic N) is 3. The third-order valence-electron chi connectivity index (χ3n) is 16.2. The second-order valence-corrected chi connectivity index (χ2v) is 20.1. The lowest BCUT2D eigenvalue weighted by atomic mass is 9.89. The van der Waals surface area contributed by atoms with E-state index in [2.05, 4.69) is 262 Å². The molecule has 17 rings (SSSR count). The molecule has 4 heterocycles. The normalized spacial score (nSPS) is 12.4. The molecule has 0 saturated heterocycles. The van der Waals surface area contributed by atoms with Crippen molar-refractivity contribution in [2.75, 3.05) is 0 Å². The van der Waals surface area contributed by atoms with Crippen LogP contribution in [0.15, 0.2) is 249 Å². The van der Waals surface area contributed by atoms with Gasteiger partial charge in [0.25, 0.3) is 0 Å². The Labute approximate surface area is 418 Å². The van der Waals surface area contributed by atoms with Crippen molar-refractivity contribution >= 4 is 114 Å². The van der Waals surface area contributed by atoms with Crippen LogP contribution in [-0.2, 0) is 0 Å². The predicted octanol–water partition coefficient (Wildman–Crippen LogP) is 18.9. The van der Waals surface area contributed by atoms with Crippen LogP contribution in [0.25, 0.3) is 159 Å². The molecule has 0 amide bonds. The van der Waals surface area contributed by atoms with Crippen LogP contribution < -0.4 is 0 Å². The van der Waals surface area contributed by atoms with E-state index in [1.54, 1.807) is 0 Å². The first kappa shape index (κ1) is 39.1. The van der Waals surface area contributed by atoms with Crippen LogP contribution in [-0.4, -0.2) is 13.5 Å². The van der Waals surface area contributed by atoms with E-state index < -0.39 is 0 Å². The number of aromatic nitrogens is 3. The molecule has 0 aliphatic heterocycles. The van der Waals surface area contributed by atoms with Gasteiger partial charge >= 0.3 is 0 Å². The number of benzene rings is 13. The van der Waals surface area contributed by atoms with Crippen molar-refractivity contribution in [3.63, 3.8) is 0 Å². The summed E-state index contributed by atoms with van der Waals surface area (Å²) in [6, 6.07) is 92.8. The smallest absolute Gasteiger partial charge is 0.0620 e. The second kappa shape index (κ2) is 14.4. The summed E-state index contributed by atoms with van der Waals surface area (Å²) < 4.78 is 7.26. The molecular formula is C70H41N3. The van der Waals surface area contributed by atoms with E-state index in [-0.39, 0.29) is 0 Å². The molecule has 4 aromatic heterocycles. The molecule has 0 bridgehead atoms. The summed E-state index contributed by atoms with van der Waals surface area (Å²) in [5, 5.41) is 17.9. The van der Waals surface area contributed by atoms with Crippen LogP contribution in [0.5, 0.6) is 0 Å². The molecule has 3 nitrogen and oxygen atoms in total. The van der Waals surface area contributed by atoms with Crippen molar-refractivity contribution in [2.45, 2.75) is 0 Å². The summed E-state index contributed by atoms with van der Waals surface area (Å²) in [7, 11) is 0. The summed E-state index contributed by atoms with van der Waals surface area (Å²) in [5.41, 5.74) is 18.3. The number of rotatable bonds is 5. The van der Waals surface area contributed by atoms with E-state index in [1.165, 1.54) is 153 Å². The standard InChI is InChI=1S/C70H41N3/c1-2-12-52(13-3-1)71-62-18-8-4-14-54(62)58-38-43(28-32-66(58)71)49-34-45-22-24-47-36-50(37-48-25-23-46(35-49)68(45)69(47)48)44-29-33-67-59(39-44)55-15-5-9-19-63(55)72(67)53-30-26-42(27-31-53)51-40-60-56-16-6-10-20-64(56)73-65-21-11-7-17-57(65)61(41-51)70(60)73/h1-41H. The fourth-order valence-electron chi connectivity index (χ4n) is 13.0. The van der Waals surface area contributed by atoms with Crippen molar-refractivity contribution < 1.29 is 0 Å². The zero-order valence-corrected chi connectivity index (χ0v) is 39.5. The van der Waals surface area contributed by atoms with E-state index in [4.69, 9.17) is 0 Å². The highest BCUT2D eigenvalue weighted by Gasteiger charge is 2.21. The molecule has 0 saturated carbocycles. The van der Waals surface area contributed by atoms with Gasteiger partial charge in [0.05, 0.1) is 38.6 Å². The summed E-state index contributed by atoms with van der Waals surface area (Å²) in [6.07, 6.45) is 0. The van der Waals surface area contributed by atoms with Gasteiger partial charge in [0.1, 0.15) is 0 Å². The summed E-state index contributed by atoms with van der Waals surface area (Å²) >= 11 is 0. The van der Waals surface area contributed by atoms with E-state index in [9.17, 15) is 0 Å². The number of para-hydroxylation sites is 5. The van der Waals surface area contributed by atoms with Crippen molar-refractivity contribution in [1.29, 1.82) is 0 Å². The minimum Gasteiger partial charge on any atom is -0.309 e. The van der Waals surface area contributed by atoms with E-state index in [0.717, 1.165) is 5.69 Å². The Bertz CT molecular complexity index is 4970. The lowest BCUT2D eigenvalue weighted by molar-refractivity contribution is 1.18. The highest BCUT2D eigenvalue weighted by Crippen LogP contribution is 2.45. The van der Waals surface area contributed by atoms with Gasteiger partial charge in [-0.25, -0.2) is 0 Å². The van der Waals surface area contributed by atoms with Gasteiger partial charge in [-0.05, 0) is 175 Å². The molecule has 0 spiro atoms. The Morgan fingerprint density at radius 3 is 1.01 bits per heavy atom. The fraction of sp³-hybridized carbons (Fsp3) is 0. The van der Waals surface area contributed by atoms with Gasteiger partial charge in [-0.1, -0.05) is 140 Å². The van der Waals surface area contributed by atoms with E-state index in [0.29, 0.717) is 0 Å². The third-order valence-corrected chi connectivity index (χ3v) is 16.2. The summed E-state index contributed by atoms with van der Waals surface area (Å²) in [4.78, 5) is 0. The van der Waals surface area contributed by atoms with Crippen LogP contribution in [0.4, 0.5) is 0 Å². The Balaban J connectivity index is 0.743. The average Bonchev–Trinajstić information content (AvgIpc) is 4.18. The molecule has 0 aliphatic carbocycles. The maximum atomic E-state index is 2.45. The van der Waals surface area contributed by atoms with Gasteiger partial charge in [-0.3, -0.25) is 0 Å². The van der Waals surface area contributed by atoms with Crippen LogP contribution in [0, 0.1) is 0 Å². The Morgan fingerprint density at radius 2 is 0.548 bits per heavy atom. The van der Waals surface area contributed by atoms with Gasteiger partial charge in [0.15, 0.2) is 0 Å². The largest absolute Gasteiger partial charge is 0.309 e. The van der Waals surface area contributed by atoms with Gasteiger partial charge < -0.3 is 13.5 Å². The van der Waals surface area contributed by atoms with Crippen molar-refractivity contribution in [3.05, 3.63) is 249 Å². The zero-order valence-electron chi connectivity index (χ0n) is 39.5. The highest BCUT2D eigenvalue weighted by molar-refractivity contribution is 6.26. The Hall–Kier alpha value is -9.70. The number of fused-ring (bicyclic) bond motifs is 12. The molecule has 3 heteroatoms. The van der Waals surface area contributed by atoms with Crippen LogP contribution in [0.2, 0.25) is 0 Å². The van der Waals surface area contributed by atoms with Crippen LogP contribution in [0.1, 0.15) is 0 Å². The van der Waals surface area contributed by atoms with Gasteiger partial charge in [-0.2, -0.15) is 0 Å². The maximum Gasteiger partial charge on any atom is 0.0620 e. The van der Waals surface area contributed by atoms with Gasteiger partial charge in [0.2, 0.25) is 0 Å². The lowest BCUT2D eigenvalue weighted by Crippen LogP contribution is -1.94. The minimum absolute atomic E-state index is 1.15. The van der Waals surface area contributed by atoms with Crippen LogP contribution in [0.3, 0.4) is 0 Å². The first-order chi connectivity index (χ1) is 36.2. The molecule has 0 aliphatic rings. The first-order valence-electron chi connectivity index (χ1n) is 25.3. The molecule has 0 radical (unpaired) electrons. The number of hydrogen-bond acceptors (Lipinski definition) is 0. The molecular weight excluding hydrogens is 883 g/mol. The fourth-order valence-corrected chi connectivity index (χ4v) is 13.0. The summed E-state index contributed by atoms with van der Waals surface area (Å²) in [6.45, 7) is 0. The quantitative estimate of drug-likeness (QED) is 0.153. The molecule has 73 heavy (non-hydrogen) atoms. The molecule has 0 unspecified atom stereocenters. The SMILES string of the molecule is c1ccc(-n2c3ccccc3c3cc(-c4cc5ccc6cc(-c7ccc8c(c7)c7ccccc7n8-c7ccc(-c8cc9c%10ccccc%10n%10c%11ccccc%11c(c8)c9%10)cc7)cc7ccc(c4)c5c67)ccc32)cc1. The van der Waals surface area contributed by atoms with E-state index in [1.807, 2.05) is 0 Å². The molecule has 13 aromatic carbocycles. The van der Waals surface area contributed by atoms with E-state index >= 15 is 0 Å². The van der Waals surface area contributed by atoms with Crippen molar-refractivity contribution in [3.8, 4) is 44.8 Å². The highest BCUT2D eigenvalue weighted by atomic mass is 15.0. The lowest BCUT2D eigenvalue weighted by Gasteiger charge is -2.15. The minimum atomic E-state index is 1.15. The monoisotopic (exact) mass is 923 g/mol. The van der Waals surface area contributed by atoms with Crippen molar-refractivity contribution in [1.82, 2.24) is 13.5 Å². The molecule has 17 aromatic rings. The van der Waals surface area contributed by atoms with Crippen LogP contribution >= 0.6 is 0 Å².